The molecule has 1 unspecified atom stereocenters. The van der Waals surface area contributed by atoms with E-state index in [9.17, 15) is 0 Å². The van der Waals surface area contributed by atoms with Gasteiger partial charge in [0, 0.05) is 27.0 Å². The first kappa shape index (κ1) is 31.7. The molecule has 0 N–H and O–H groups in total. The molecule has 0 aromatic heterocycles. The van der Waals surface area contributed by atoms with E-state index in [2.05, 4.69) is 70.1 Å². The molecule has 0 saturated carbocycles. The van der Waals surface area contributed by atoms with Gasteiger partial charge in [0.05, 0.1) is 0 Å². The first-order chi connectivity index (χ1) is 20.8. The molecule has 0 radical (unpaired) electrons. The third-order valence-corrected chi connectivity index (χ3v) is 8.65. The summed E-state index contributed by atoms with van der Waals surface area (Å²) < 4.78 is 16.7. The van der Waals surface area contributed by atoms with Gasteiger partial charge in [-0.15, -0.1) is 0 Å². The van der Waals surface area contributed by atoms with Gasteiger partial charge in [-0.3, -0.25) is 9.76 Å². The largest absolute Gasteiger partial charge is 0.489 e. The van der Waals surface area contributed by atoms with Crippen LogP contribution < -0.4 is 9.47 Å². The zero-order valence-electron chi connectivity index (χ0n) is 25.4. The average Bonchev–Trinajstić information content (AvgIpc) is 3.03. The monoisotopic (exact) mass is 588 g/mol. The lowest BCUT2D eigenvalue weighted by atomic mass is 9.97. The molecule has 4 aromatic rings. The van der Waals surface area contributed by atoms with Gasteiger partial charge in [0.2, 0.25) is 0 Å². The maximum atomic E-state index is 5.93. The minimum absolute atomic E-state index is 0.0556. The van der Waals surface area contributed by atoms with Crippen LogP contribution in [0.15, 0.2) is 120 Å². The second kappa shape index (κ2) is 15.8. The smallest absolute Gasteiger partial charge is 0.119 e. The van der Waals surface area contributed by atoms with Crippen LogP contribution in [0.4, 0.5) is 0 Å². The molecule has 43 heavy (non-hydrogen) atoms. The highest BCUT2D eigenvalue weighted by Gasteiger charge is 2.20. The van der Waals surface area contributed by atoms with Crippen LogP contribution in [0.25, 0.3) is 12.2 Å². The molecule has 0 amide bonds. The van der Waals surface area contributed by atoms with E-state index in [-0.39, 0.29) is 5.41 Å². The van der Waals surface area contributed by atoms with Gasteiger partial charge < -0.3 is 9.47 Å². The number of aliphatic imine (C=N–C) groups is 1. The predicted molar refractivity (Wildman–Crippen MR) is 186 cm³/mol. The maximum Gasteiger partial charge on any atom is 0.119 e. The highest BCUT2D eigenvalue weighted by molar-refractivity contribution is 7.55. The number of hydrogen-bond donors (Lipinski definition) is 0. The first-order valence-electron chi connectivity index (χ1n) is 14.5. The molecule has 4 aromatic carbocycles. The molecular formula is C38H41N2O2P. The van der Waals surface area contributed by atoms with E-state index in [1.54, 1.807) is 0 Å². The molecule has 4 rings (SSSR count). The number of ether oxygens (including phenoxy) is 2. The van der Waals surface area contributed by atoms with Crippen molar-refractivity contribution in [1.29, 1.82) is 0 Å². The zero-order chi connectivity index (χ0) is 30.5. The number of benzene rings is 4. The summed E-state index contributed by atoms with van der Waals surface area (Å²) in [6.07, 6.45) is 8.60. The van der Waals surface area contributed by atoms with Crippen LogP contribution >= 0.6 is 8.07 Å². The number of nitrogens with zero attached hydrogens (tertiary/aromatic N) is 2. The summed E-state index contributed by atoms with van der Waals surface area (Å²) in [6.45, 7) is 16.1. The summed E-state index contributed by atoms with van der Waals surface area (Å²) in [7, 11) is -0.507. The van der Waals surface area contributed by atoms with Crippen LogP contribution in [0.5, 0.6) is 11.5 Å². The van der Waals surface area contributed by atoms with E-state index in [1.807, 2.05) is 85.2 Å². The molecular weight excluding hydrogens is 547 g/mol. The molecule has 0 aliphatic carbocycles. The second-order valence-electron chi connectivity index (χ2n) is 11.3. The van der Waals surface area contributed by atoms with Crippen molar-refractivity contribution >= 4 is 32.7 Å². The fourth-order valence-electron chi connectivity index (χ4n) is 4.41. The highest BCUT2D eigenvalue weighted by Crippen LogP contribution is 2.39. The Bertz CT molecular complexity index is 1500. The highest BCUT2D eigenvalue weighted by atomic mass is 31.1. The van der Waals surface area contributed by atoms with Crippen LogP contribution in [0.3, 0.4) is 0 Å². The van der Waals surface area contributed by atoms with E-state index in [4.69, 9.17) is 19.2 Å². The average molecular weight is 589 g/mol. The molecule has 0 aliphatic rings. The van der Waals surface area contributed by atoms with Gasteiger partial charge in [-0.1, -0.05) is 87.7 Å². The van der Waals surface area contributed by atoms with Crippen LogP contribution in [0.1, 0.15) is 47.2 Å². The minimum Gasteiger partial charge on any atom is -0.489 e. The normalized spacial score (nSPS) is 12.3. The van der Waals surface area contributed by atoms with Gasteiger partial charge in [-0.25, -0.2) is 0 Å². The van der Waals surface area contributed by atoms with Gasteiger partial charge in [-0.05, 0) is 100 Å². The summed E-state index contributed by atoms with van der Waals surface area (Å²) in [5, 5.41) is 0. The summed E-state index contributed by atoms with van der Waals surface area (Å²) >= 11 is 0. The molecule has 1 atom stereocenters. The summed E-state index contributed by atoms with van der Waals surface area (Å²) in [5.41, 5.74) is 6.66. The molecule has 0 aliphatic heterocycles. The van der Waals surface area contributed by atoms with Crippen LogP contribution in [0, 0.1) is 5.41 Å². The predicted octanol–water partition coefficient (Wildman–Crippen LogP) is 9.72. The van der Waals surface area contributed by atoms with Gasteiger partial charge in [-0.2, -0.15) is 0 Å². The minimum atomic E-state index is -0.507. The molecule has 5 heteroatoms. The van der Waals surface area contributed by atoms with E-state index < -0.39 is 8.07 Å². The lowest BCUT2D eigenvalue weighted by Crippen LogP contribution is -2.19. The summed E-state index contributed by atoms with van der Waals surface area (Å²) in [6, 6.07) is 32.6. The van der Waals surface area contributed by atoms with Crippen molar-refractivity contribution in [3.05, 3.63) is 144 Å². The lowest BCUT2D eigenvalue weighted by molar-refractivity contribution is 0.306. The lowest BCUT2D eigenvalue weighted by Gasteiger charge is -2.24. The summed E-state index contributed by atoms with van der Waals surface area (Å²) in [4.78, 5) is 4.75. The standard InChI is InChI=1S/C38H41N2O2P/c1-6-30-8-12-34(13-9-30)26-41-36-20-16-32(17-21-36)24-39-28-38(3,4)29-43(5)40-25-33-18-22-37(23-19-33)42-27-35-14-10-31(7-2)11-15-35/h6-25H,1-2,26-29H2,3-5H3/b39-24?,40-25+. The van der Waals surface area contributed by atoms with Crippen molar-refractivity contribution in [2.75, 3.05) is 19.4 Å². The molecule has 0 saturated heterocycles. The van der Waals surface area contributed by atoms with Crippen molar-refractivity contribution in [3.63, 3.8) is 0 Å². The van der Waals surface area contributed by atoms with E-state index in [0.717, 1.165) is 57.6 Å². The molecule has 220 valence electrons. The first-order valence-corrected chi connectivity index (χ1v) is 16.4. The molecule has 0 spiro atoms. The van der Waals surface area contributed by atoms with Crippen LogP contribution in [-0.2, 0) is 13.2 Å². The SMILES string of the molecule is C=Cc1ccc(COc2ccc(C=NCC(C)(C)CP(C)/N=C/c3ccc(OCc4ccc(C=C)cc4)cc3)cc2)cc1. The Kier molecular flexibility index (Phi) is 11.6. The fourth-order valence-corrected chi connectivity index (χ4v) is 6.16. The van der Waals surface area contributed by atoms with E-state index in [0.29, 0.717) is 13.2 Å². The second-order valence-corrected chi connectivity index (χ2v) is 13.2. The van der Waals surface area contributed by atoms with E-state index >= 15 is 0 Å². The molecule has 4 nitrogen and oxygen atoms in total. The Labute approximate surface area is 258 Å². The summed E-state index contributed by atoms with van der Waals surface area (Å²) in [5.74, 6) is 1.69. The Morgan fingerprint density at radius 1 is 0.628 bits per heavy atom. The van der Waals surface area contributed by atoms with Gasteiger partial charge in [0.1, 0.15) is 24.7 Å². The van der Waals surface area contributed by atoms with Crippen molar-refractivity contribution in [2.24, 2.45) is 15.2 Å². The van der Waals surface area contributed by atoms with Gasteiger partial charge in [0.25, 0.3) is 0 Å². The third kappa shape index (κ3) is 10.8. The Balaban J connectivity index is 1.19. The number of hydrogen-bond acceptors (Lipinski definition) is 4. The van der Waals surface area contributed by atoms with E-state index in [1.165, 1.54) is 0 Å². The van der Waals surface area contributed by atoms with Crippen molar-refractivity contribution in [2.45, 2.75) is 27.1 Å². The van der Waals surface area contributed by atoms with Crippen LogP contribution in [-0.4, -0.2) is 31.8 Å². The molecule has 0 heterocycles. The van der Waals surface area contributed by atoms with Crippen molar-refractivity contribution in [1.82, 2.24) is 0 Å². The van der Waals surface area contributed by atoms with Gasteiger partial charge >= 0.3 is 0 Å². The topological polar surface area (TPSA) is 43.2 Å². The Morgan fingerprint density at radius 2 is 1.05 bits per heavy atom. The number of rotatable bonds is 15. The quantitative estimate of drug-likeness (QED) is 0.102. The van der Waals surface area contributed by atoms with Crippen molar-refractivity contribution < 1.29 is 9.47 Å². The fraction of sp³-hybridized carbons (Fsp3) is 0.211. The van der Waals surface area contributed by atoms with Crippen LogP contribution in [0.2, 0.25) is 0 Å². The Hall–Kier alpha value is -4.27. The van der Waals surface area contributed by atoms with Crippen molar-refractivity contribution in [3.8, 4) is 11.5 Å². The van der Waals surface area contributed by atoms with Gasteiger partial charge in [0.15, 0.2) is 0 Å². The molecule has 0 bridgehead atoms. The molecule has 0 fully saturated rings. The Morgan fingerprint density at radius 3 is 1.49 bits per heavy atom. The third-order valence-electron chi connectivity index (χ3n) is 6.82. The maximum absolute atomic E-state index is 5.93. The zero-order valence-corrected chi connectivity index (χ0v) is 26.3.